The zero-order valence-electron chi connectivity index (χ0n) is 16.1. The van der Waals surface area contributed by atoms with Gasteiger partial charge in [0.25, 0.3) is 0 Å². The van der Waals surface area contributed by atoms with Crippen LogP contribution in [-0.4, -0.2) is 37.0 Å². The number of nitrogens with zero attached hydrogens (tertiary/aromatic N) is 2. The lowest BCUT2D eigenvalue weighted by Gasteiger charge is -2.10. The lowest BCUT2D eigenvalue weighted by Crippen LogP contribution is -2.20. The van der Waals surface area contributed by atoms with E-state index in [1.807, 2.05) is 12.3 Å². The predicted octanol–water partition coefficient (Wildman–Crippen LogP) is 4.07. The summed E-state index contributed by atoms with van der Waals surface area (Å²) < 4.78 is 10.5. The first kappa shape index (κ1) is 22.5. The number of methoxy groups -OCH3 is 1. The van der Waals surface area contributed by atoms with Crippen LogP contribution in [0.15, 0.2) is 40.3 Å². The second-order valence-electron chi connectivity index (χ2n) is 5.69. The van der Waals surface area contributed by atoms with Crippen LogP contribution in [0, 0.1) is 10.1 Å². The Bertz CT molecular complexity index is 936. The van der Waals surface area contributed by atoms with Crippen molar-refractivity contribution in [3.05, 3.63) is 56.6 Å². The van der Waals surface area contributed by atoms with E-state index in [4.69, 9.17) is 21.1 Å². The van der Waals surface area contributed by atoms with Crippen LogP contribution in [0.3, 0.4) is 0 Å². The molecule has 0 bridgehead atoms. The summed E-state index contributed by atoms with van der Waals surface area (Å²) in [5.41, 5.74) is 3.33. The van der Waals surface area contributed by atoms with Crippen molar-refractivity contribution >= 4 is 41.2 Å². The van der Waals surface area contributed by atoms with Gasteiger partial charge in [0.1, 0.15) is 0 Å². The predicted molar refractivity (Wildman–Crippen MR) is 113 cm³/mol. The first-order chi connectivity index (χ1) is 13.9. The third kappa shape index (κ3) is 6.10. The monoisotopic (exact) mass is 437 g/mol. The van der Waals surface area contributed by atoms with Crippen LogP contribution in [0.4, 0.5) is 5.69 Å². The van der Waals surface area contributed by atoms with E-state index in [9.17, 15) is 14.9 Å². The molecule has 0 saturated heterocycles. The van der Waals surface area contributed by atoms with Gasteiger partial charge < -0.3 is 9.47 Å². The number of carbonyl (C=O) groups excluding carboxylic acids is 1. The molecule has 0 aliphatic heterocycles. The van der Waals surface area contributed by atoms with Gasteiger partial charge in [0.2, 0.25) is 11.7 Å². The summed E-state index contributed by atoms with van der Waals surface area (Å²) in [5, 5.41) is 15.8. The maximum Gasteiger partial charge on any atom is 0.315 e. The second-order valence-corrected chi connectivity index (χ2v) is 6.97. The van der Waals surface area contributed by atoms with Gasteiger partial charge in [-0.1, -0.05) is 11.6 Å². The van der Waals surface area contributed by atoms with Gasteiger partial charge in [-0.15, -0.1) is 11.8 Å². The maximum absolute atomic E-state index is 12.2. The minimum atomic E-state index is -0.563. The van der Waals surface area contributed by atoms with E-state index in [2.05, 4.69) is 10.5 Å². The molecule has 8 nitrogen and oxygen atoms in total. The lowest BCUT2D eigenvalue weighted by atomic mass is 10.1. The summed E-state index contributed by atoms with van der Waals surface area (Å²) in [5.74, 6) is -0.0877. The molecule has 154 valence electrons. The molecule has 0 unspecified atom stereocenters. The van der Waals surface area contributed by atoms with Crippen LogP contribution >= 0.6 is 23.4 Å². The quantitative estimate of drug-likeness (QED) is 0.274. The zero-order valence-corrected chi connectivity index (χ0v) is 17.7. The van der Waals surface area contributed by atoms with Crippen molar-refractivity contribution in [2.75, 3.05) is 20.0 Å². The topological polar surface area (TPSA) is 103 Å². The number of carbonyl (C=O) groups is 1. The molecule has 29 heavy (non-hydrogen) atoms. The number of hydrogen-bond acceptors (Lipinski definition) is 7. The Morgan fingerprint density at radius 3 is 2.76 bits per heavy atom. The van der Waals surface area contributed by atoms with Crippen molar-refractivity contribution in [2.24, 2.45) is 5.10 Å². The summed E-state index contributed by atoms with van der Waals surface area (Å²) in [6.07, 6.45) is 3.31. The Morgan fingerprint density at radius 1 is 1.38 bits per heavy atom. The van der Waals surface area contributed by atoms with Gasteiger partial charge in [0.15, 0.2) is 5.75 Å². The molecule has 2 rings (SSSR count). The van der Waals surface area contributed by atoms with Gasteiger partial charge >= 0.3 is 5.69 Å². The van der Waals surface area contributed by atoms with Gasteiger partial charge in [-0.2, -0.15) is 5.10 Å². The Kier molecular flexibility index (Phi) is 8.29. The van der Waals surface area contributed by atoms with Crippen molar-refractivity contribution in [2.45, 2.75) is 18.2 Å². The van der Waals surface area contributed by atoms with E-state index in [0.717, 1.165) is 10.5 Å². The minimum absolute atomic E-state index is 0.0479. The molecule has 0 atom stereocenters. The fourth-order valence-corrected chi connectivity index (χ4v) is 3.33. The van der Waals surface area contributed by atoms with Crippen LogP contribution in [-0.2, 0) is 11.2 Å². The van der Waals surface area contributed by atoms with Crippen molar-refractivity contribution in [3.63, 3.8) is 0 Å². The van der Waals surface area contributed by atoms with Crippen LogP contribution < -0.4 is 14.9 Å². The molecule has 1 N–H and O–H groups in total. The Balaban J connectivity index is 2.15. The highest BCUT2D eigenvalue weighted by molar-refractivity contribution is 7.98. The highest BCUT2D eigenvalue weighted by atomic mass is 35.5. The third-order valence-electron chi connectivity index (χ3n) is 3.76. The number of nitro benzene ring substituents is 1. The number of halogens is 1. The highest BCUT2D eigenvalue weighted by Gasteiger charge is 2.21. The molecule has 0 spiro atoms. The van der Waals surface area contributed by atoms with Gasteiger partial charge in [-0.05, 0) is 43.0 Å². The van der Waals surface area contributed by atoms with Gasteiger partial charge in [-0.3, -0.25) is 14.9 Å². The van der Waals surface area contributed by atoms with Crippen molar-refractivity contribution < 1.29 is 19.2 Å². The number of thioether (sulfide) groups is 1. The second kappa shape index (κ2) is 10.7. The number of nitrogens with one attached hydrogen (secondary N) is 1. The van der Waals surface area contributed by atoms with E-state index in [1.54, 1.807) is 19.1 Å². The molecule has 1 amide bonds. The van der Waals surface area contributed by atoms with Gasteiger partial charge in [-0.25, -0.2) is 5.43 Å². The molecular formula is C19H20ClN3O5S. The first-order valence-electron chi connectivity index (χ1n) is 8.53. The highest BCUT2D eigenvalue weighted by Crippen LogP contribution is 2.37. The van der Waals surface area contributed by atoms with Crippen molar-refractivity contribution in [3.8, 4) is 11.5 Å². The number of rotatable bonds is 9. The molecule has 0 saturated carbocycles. The molecule has 0 aromatic heterocycles. The first-order valence-corrected chi connectivity index (χ1v) is 10.1. The number of hydrogen-bond donors (Lipinski definition) is 1. The van der Waals surface area contributed by atoms with Crippen molar-refractivity contribution in [1.29, 1.82) is 0 Å². The maximum atomic E-state index is 12.2. The Hall–Kier alpha value is -2.78. The molecule has 10 heteroatoms. The lowest BCUT2D eigenvalue weighted by molar-refractivity contribution is -0.385. The summed E-state index contributed by atoms with van der Waals surface area (Å²) in [7, 11) is 1.39. The average Bonchev–Trinajstić information content (AvgIpc) is 2.68. The number of nitro groups is 1. The molecule has 2 aromatic rings. The van der Waals surface area contributed by atoms with Crippen LogP contribution in [0.25, 0.3) is 0 Å². The summed E-state index contributed by atoms with van der Waals surface area (Å²) in [4.78, 5) is 23.9. The fourth-order valence-electron chi connectivity index (χ4n) is 2.54. The minimum Gasteiger partial charge on any atom is -0.493 e. The van der Waals surface area contributed by atoms with E-state index in [1.165, 1.54) is 37.2 Å². The van der Waals surface area contributed by atoms with Crippen LogP contribution in [0.5, 0.6) is 11.5 Å². The van der Waals surface area contributed by atoms with Crippen LogP contribution in [0.1, 0.15) is 18.1 Å². The third-order valence-corrected chi connectivity index (χ3v) is 4.83. The Morgan fingerprint density at radius 2 is 2.14 bits per heavy atom. The molecule has 0 radical (unpaired) electrons. The van der Waals surface area contributed by atoms with Crippen LogP contribution in [0.2, 0.25) is 5.02 Å². The zero-order chi connectivity index (χ0) is 21.4. The summed E-state index contributed by atoms with van der Waals surface area (Å²) >= 11 is 7.51. The number of hydrazone groups is 1. The number of amides is 1. The molecule has 0 heterocycles. The van der Waals surface area contributed by atoms with Gasteiger partial charge in [0, 0.05) is 21.5 Å². The average molecular weight is 438 g/mol. The van der Waals surface area contributed by atoms with E-state index < -0.39 is 4.92 Å². The SMILES string of the molecule is CCOc1c(OC)cc(/C=N\NC(=O)Cc2cc(Cl)ccc2SC)cc1[N+](=O)[O-]. The van der Waals surface area contributed by atoms with Crippen molar-refractivity contribution in [1.82, 2.24) is 5.43 Å². The standard InChI is InChI=1S/C19H20ClN3O5S/c1-4-28-19-15(23(25)26)7-12(8-16(19)27-2)11-21-22-18(24)10-13-9-14(20)5-6-17(13)29-3/h5-9,11H,4,10H2,1-3H3,(H,22,24)/b21-11-. The molecule has 0 aliphatic rings. The van der Waals surface area contributed by atoms with Gasteiger partial charge in [0.05, 0.1) is 31.3 Å². The van der Waals surface area contributed by atoms with E-state index >= 15 is 0 Å². The molecular weight excluding hydrogens is 418 g/mol. The smallest absolute Gasteiger partial charge is 0.315 e. The molecule has 2 aromatic carbocycles. The summed E-state index contributed by atoms with van der Waals surface area (Å²) in [6, 6.07) is 8.18. The molecule has 0 aliphatic carbocycles. The normalized spacial score (nSPS) is 10.8. The summed E-state index contributed by atoms with van der Waals surface area (Å²) in [6.45, 7) is 1.97. The van der Waals surface area contributed by atoms with E-state index in [0.29, 0.717) is 10.6 Å². The number of benzene rings is 2. The molecule has 0 fully saturated rings. The number of ether oxygens (including phenoxy) is 2. The Labute approximate surface area is 177 Å². The largest absolute Gasteiger partial charge is 0.493 e. The fraction of sp³-hybridized carbons (Fsp3) is 0.263. The van der Waals surface area contributed by atoms with E-state index in [-0.39, 0.29) is 36.1 Å².